The van der Waals surface area contributed by atoms with Crippen LogP contribution in [0.3, 0.4) is 0 Å². The Labute approximate surface area is 181 Å². The summed E-state index contributed by atoms with van der Waals surface area (Å²) < 4.78 is 13.3. The summed E-state index contributed by atoms with van der Waals surface area (Å²) in [6.45, 7) is 2.35. The van der Waals surface area contributed by atoms with Crippen LogP contribution in [-0.2, 0) is 13.7 Å². The molecule has 0 saturated heterocycles. The minimum atomic E-state index is -0.259. The second-order valence-electron chi connectivity index (χ2n) is 7.35. The molecule has 1 unspecified atom stereocenters. The Morgan fingerprint density at radius 1 is 1.03 bits per heavy atom. The van der Waals surface area contributed by atoms with E-state index in [2.05, 4.69) is 10.3 Å². The van der Waals surface area contributed by atoms with Gasteiger partial charge in [0.1, 0.15) is 12.4 Å². The van der Waals surface area contributed by atoms with Crippen molar-refractivity contribution < 1.29 is 14.3 Å². The number of rotatable bonds is 7. The minimum absolute atomic E-state index is 0.201. The molecule has 0 aliphatic rings. The van der Waals surface area contributed by atoms with E-state index in [9.17, 15) is 4.79 Å². The van der Waals surface area contributed by atoms with Gasteiger partial charge in [-0.15, -0.1) is 0 Å². The van der Waals surface area contributed by atoms with Crippen LogP contribution >= 0.6 is 0 Å². The van der Waals surface area contributed by atoms with Gasteiger partial charge in [-0.3, -0.25) is 4.79 Å². The summed E-state index contributed by atoms with van der Waals surface area (Å²) >= 11 is 0. The number of carbonyl (C=O) groups excluding carboxylic acids is 1. The zero-order valence-electron chi connectivity index (χ0n) is 17.8. The lowest BCUT2D eigenvalue weighted by Crippen LogP contribution is -2.28. The molecule has 4 rings (SSSR count). The summed E-state index contributed by atoms with van der Waals surface area (Å²) in [7, 11) is 3.52. The molecule has 1 aromatic heterocycles. The number of benzene rings is 3. The molecule has 1 atom stereocenters. The van der Waals surface area contributed by atoms with Crippen LogP contribution in [0.2, 0.25) is 0 Å². The van der Waals surface area contributed by atoms with Gasteiger partial charge >= 0.3 is 0 Å². The number of nitrogens with one attached hydrogen (secondary N) is 1. The fourth-order valence-corrected chi connectivity index (χ4v) is 3.56. The molecule has 6 nitrogen and oxygen atoms in total. The lowest BCUT2D eigenvalue weighted by molar-refractivity contribution is 0.0937. The van der Waals surface area contributed by atoms with Crippen molar-refractivity contribution in [3.05, 3.63) is 89.7 Å². The first kappa shape index (κ1) is 20.5. The van der Waals surface area contributed by atoms with Gasteiger partial charge in [-0.1, -0.05) is 42.5 Å². The molecule has 0 aliphatic carbocycles. The van der Waals surface area contributed by atoms with Crippen molar-refractivity contribution in [2.24, 2.45) is 7.05 Å². The average Bonchev–Trinajstić information content (AvgIpc) is 3.15. The highest BCUT2D eigenvalue weighted by molar-refractivity contribution is 5.95. The molecule has 0 spiro atoms. The summed E-state index contributed by atoms with van der Waals surface area (Å²) in [6, 6.07) is 22.7. The second-order valence-corrected chi connectivity index (χ2v) is 7.35. The number of para-hydroxylation sites is 2. The number of aromatic nitrogens is 2. The summed E-state index contributed by atoms with van der Waals surface area (Å²) in [4.78, 5) is 17.5. The number of hydrogen-bond acceptors (Lipinski definition) is 4. The molecule has 158 valence electrons. The van der Waals surface area contributed by atoms with Gasteiger partial charge in [0.05, 0.1) is 24.2 Å². The topological polar surface area (TPSA) is 65.4 Å². The molecule has 31 heavy (non-hydrogen) atoms. The summed E-state index contributed by atoms with van der Waals surface area (Å²) in [5, 5.41) is 3.02. The van der Waals surface area contributed by atoms with E-state index in [1.807, 2.05) is 73.1 Å². The molecule has 1 amide bonds. The van der Waals surface area contributed by atoms with Crippen molar-refractivity contribution in [2.45, 2.75) is 19.6 Å². The molecule has 0 bridgehead atoms. The maximum atomic E-state index is 12.9. The summed E-state index contributed by atoms with van der Waals surface area (Å²) in [5.41, 5.74) is 3.49. The number of aryl methyl sites for hydroxylation is 1. The van der Waals surface area contributed by atoms with E-state index in [4.69, 9.17) is 9.47 Å². The summed E-state index contributed by atoms with van der Waals surface area (Å²) in [5.74, 6) is 1.70. The molecular formula is C25H25N3O3. The Balaban J connectivity index is 1.48. The van der Waals surface area contributed by atoms with E-state index in [-0.39, 0.29) is 11.9 Å². The number of imidazole rings is 1. The third kappa shape index (κ3) is 4.38. The van der Waals surface area contributed by atoms with Crippen LogP contribution in [0.5, 0.6) is 11.5 Å². The van der Waals surface area contributed by atoms with Crippen molar-refractivity contribution in [3.63, 3.8) is 0 Å². The molecule has 4 aromatic rings. The zero-order valence-corrected chi connectivity index (χ0v) is 17.8. The van der Waals surface area contributed by atoms with Gasteiger partial charge in [-0.25, -0.2) is 4.98 Å². The van der Waals surface area contributed by atoms with E-state index >= 15 is 0 Å². The van der Waals surface area contributed by atoms with Crippen LogP contribution in [0, 0.1) is 0 Å². The fraction of sp³-hybridized carbons (Fsp3) is 0.200. The van der Waals surface area contributed by atoms with Crippen LogP contribution < -0.4 is 14.8 Å². The molecule has 3 aromatic carbocycles. The third-order valence-electron chi connectivity index (χ3n) is 5.22. The summed E-state index contributed by atoms with van der Waals surface area (Å²) in [6.07, 6.45) is 0. The Morgan fingerprint density at radius 3 is 2.52 bits per heavy atom. The second kappa shape index (κ2) is 8.92. The average molecular weight is 415 g/mol. The van der Waals surface area contributed by atoms with Gasteiger partial charge in [-0.05, 0) is 42.8 Å². The minimum Gasteiger partial charge on any atom is -0.493 e. The van der Waals surface area contributed by atoms with Gasteiger partial charge in [0.2, 0.25) is 0 Å². The van der Waals surface area contributed by atoms with Gasteiger partial charge in [0.25, 0.3) is 5.91 Å². The lowest BCUT2D eigenvalue weighted by Gasteiger charge is -2.15. The maximum Gasteiger partial charge on any atom is 0.251 e. The monoisotopic (exact) mass is 415 g/mol. The number of fused-ring (bicyclic) bond motifs is 1. The van der Waals surface area contributed by atoms with Crippen LogP contribution in [0.4, 0.5) is 0 Å². The molecule has 0 fully saturated rings. The molecular weight excluding hydrogens is 390 g/mol. The maximum absolute atomic E-state index is 12.9. The predicted molar refractivity (Wildman–Crippen MR) is 120 cm³/mol. The van der Waals surface area contributed by atoms with Crippen LogP contribution in [0.25, 0.3) is 11.0 Å². The van der Waals surface area contributed by atoms with Gasteiger partial charge in [0, 0.05) is 12.6 Å². The Hall–Kier alpha value is -3.80. The fourth-order valence-electron chi connectivity index (χ4n) is 3.56. The van der Waals surface area contributed by atoms with Crippen molar-refractivity contribution in [1.29, 1.82) is 0 Å². The number of amides is 1. The van der Waals surface area contributed by atoms with Crippen molar-refractivity contribution in [1.82, 2.24) is 14.9 Å². The van der Waals surface area contributed by atoms with Gasteiger partial charge < -0.3 is 19.4 Å². The Morgan fingerprint density at radius 2 is 1.77 bits per heavy atom. The van der Waals surface area contributed by atoms with E-state index in [0.717, 1.165) is 22.4 Å². The third-order valence-corrected chi connectivity index (χ3v) is 5.22. The SMILES string of the molecule is COc1cc(C(=O)NC(C)c2nc3ccccc3n2C)ccc1OCc1ccccc1. The van der Waals surface area contributed by atoms with Crippen molar-refractivity contribution in [2.75, 3.05) is 7.11 Å². The van der Waals surface area contributed by atoms with E-state index in [0.29, 0.717) is 23.7 Å². The van der Waals surface area contributed by atoms with E-state index in [1.165, 1.54) is 0 Å². The molecule has 1 heterocycles. The number of methoxy groups -OCH3 is 1. The van der Waals surface area contributed by atoms with E-state index in [1.54, 1.807) is 25.3 Å². The predicted octanol–water partition coefficient (Wildman–Crippen LogP) is 4.65. The number of carbonyl (C=O) groups is 1. The lowest BCUT2D eigenvalue weighted by atomic mass is 10.1. The molecule has 0 aliphatic heterocycles. The Bertz CT molecular complexity index is 1200. The van der Waals surface area contributed by atoms with Crippen LogP contribution in [0.1, 0.15) is 34.7 Å². The molecule has 6 heteroatoms. The van der Waals surface area contributed by atoms with Crippen LogP contribution in [-0.4, -0.2) is 22.6 Å². The number of ether oxygens (including phenoxy) is 2. The quantitative estimate of drug-likeness (QED) is 0.477. The smallest absolute Gasteiger partial charge is 0.251 e. The molecule has 0 saturated carbocycles. The molecule has 0 radical (unpaired) electrons. The first-order valence-electron chi connectivity index (χ1n) is 10.1. The van der Waals surface area contributed by atoms with Crippen molar-refractivity contribution >= 4 is 16.9 Å². The highest BCUT2D eigenvalue weighted by atomic mass is 16.5. The normalized spacial score (nSPS) is 11.8. The van der Waals surface area contributed by atoms with Crippen molar-refractivity contribution in [3.8, 4) is 11.5 Å². The Kier molecular flexibility index (Phi) is 5.89. The first-order chi connectivity index (χ1) is 15.1. The highest BCUT2D eigenvalue weighted by Crippen LogP contribution is 2.29. The van der Waals surface area contributed by atoms with E-state index < -0.39 is 0 Å². The van der Waals surface area contributed by atoms with Gasteiger partial charge in [-0.2, -0.15) is 0 Å². The molecule has 1 N–H and O–H groups in total. The zero-order chi connectivity index (χ0) is 21.8. The number of hydrogen-bond donors (Lipinski definition) is 1. The van der Waals surface area contributed by atoms with Crippen LogP contribution in [0.15, 0.2) is 72.8 Å². The highest BCUT2D eigenvalue weighted by Gasteiger charge is 2.18. The largest absolute Gasteiger partial charge is 0.493 e. The van der Waals surface area contributed by atoms with Gasteiger partial charge in [0.15, 0.2) is 11.5 Å². The first-order valence-corrected chi connectivity index (χ1v) is 10.1. The standard InChI is InChI=1S/C25H25N3O3/c1-17(24-27-20-11-7-8-12-21(20)28(24)2)26-25(29)19-13-14-22(23(15-19)30-3)31-16-18-9-5-4-6-10-18/h4-15,17H,16H2,1-3H3,(H,26,29). The number of nitrogens with zero attached hydrogens (tertiary/aromatic N) is 2.